The summed E-state index contributed by atoms with van der Waals surface area (Å²) < 4.78 is 65.2. The minimum Gasteiger partial charge on any atom is -0.376 e. The van der Waals surface area contributed by atoms with Gasteiger partial charge in [-0.05, 0) is 29.0 Å². The Bertz CT molecular complexity index is 773. The van der Waals surface area contributed by atoms with Crippen LogP contribution in [0.15, 0.2) is 23.6 Å². The zero-order valence-corrected chi connectivity index (χ0v) is 14.1. The van der Waals surface area contributed by atoms with E-state index in [0.29, 0.717) is 5.19 Å². The average molecular weight is 354 g/mol. The van der Waals surface area contributed by atoms with E-state index in [-0.39, 0.29) is 5.75 Å². The van der Waals surface area contributed by atoms with E-state index in [0.717, 1.165) is 10.1 Å². The molecule has 0 radical (unpaired) electrons. The van der Waals surface area contributed by atoms with Crippen molar-refractivity contribution in [1.82, 2.24) is 0 Å². The molecule has 9 heteroatoms. The van der Waals surface area contributed by atoms with Gasteiger partial charge in [-0.3, -0.25) is 0 Å². The molecule has 0 spiro atoms. The summed E-state index contributed by atoms with van der Waals surface area (Å²) in [5.41, 5.74) is -5.44. The van der Waals surface area contributed by atoms with E-state index in [2.05, 4.69) is 4.18 Å². The minimum atomic E-state index is -5.66. The number of benzene rings is 1. The van der Waals surface area contributed by atoms with Gasteiger partial charge in [0, 0.05) is 9.89 Å². The molecule has 21 heavy (non-hydrogen) atoms. The summed E-state index contributed by atoms with van der Waals surface area (Å²) in [4.78, 5) is 0. The second kappa shape index (κ2) is 4.99. The Labute approximate surface area is 125 Å². The van der Waals surface area contributed by atoms with E-state index in [1.807, 2.05) is 31.1 Å². The van der Waals surface area contributed by atoms with Gasteiger partial charge in [0.25, 0.3) is 0 Å². The van der Waals surface area contributed by atoms with Gasteiger partial charge < -0.3 is 4.18 Å². The van der Waals surface area contributed by atoms with E-state index in [1.54, 1.807) is 6.07 Å². The Morgan fingerprint density at radius 2 is 1.76 bits per heavy atom. The molecule has 0 aliphatic rings. The van der Waals surface area contributed by atoms with Crippen LogP contribution in [0.4, 0.5) is 13.2 Å². The van der Waals surface area contributed by atoms with Crippen molar-refractivity contribution in [2.45, 2.75) is 25.1 Å². The van der Waals surface area contributed by atoms with Crippen molar-refractivity contribution in [1.29, 1.82) is 0 Å². The number of halogens is 3. The summed E-state index contributed by atoms with van der Waals surface area (Å²) in [5, 5.41) is 3.27. The van der Waals surface area contributed by atoms with Crippen LogP contribution in [0.25, 0.3) is 10.1 Å². The van der Waals surface area contributed by atoms with Crippen LogP contribution in [0.1, 0.15) is 0 Å². The van der Waals surface area contributed by atoms with Gasteiger partial charge >= 0.3 is 15.6 Å². The molecule has 0 bridgehead atoms. The summed E-state index contributed by atoms with van der Waals surface area (Å²) in [5.74, 6) is -0.221. The average Bonchev–Trinajstić information content (AvgIpc) is 2.72. The molecule has 2 aromatic rings. The van der Waals surface area contributed by atoms with Crippen LogP contribution in [0.3, 0.4) is 0 Å². The molecule has 2 rings (SSSR count). The van der Waals surface area contributed by atoms with Crippen LogP contribution in [-0.2, 0) is 10.1 Å². The molecule has 1 aromatic heterocycles. The van der Waals surface area contributed by atoms with Crippen molar-refractivity contribution in [3.8, 4) is 5.75 Å². The summed E-state index contributed by atoms with van der Waals surface area (Å²) >= 11 is 1.37. The highest BCUT2D eigenvalue weighted by Crippen LogP contribution is 2.31. The van der Waals surface area contributed by atoms with Crippen molar-refractivity contribution >= 4 is 44.8 Å². The van der Waals surface area contributed by atoms with Gasteiger partial charge in [0.05, 0.1) is 8.07 Å². The third kappa shape index (κ3) is 3.09. The first-order valence-corrected chi connectivity index (χ1v) is 11.7. The molecule has 0 amide bonds. The smallest absolute Gasteiger partial charge is 0.376 e. The third-order valence-corrected chi connectivity index (χ3v) is 6.91. The van der Waals surface area contributed by atoms with E-state index in [1.165, 1.54) is 17.4 Å². The lowest BCUT2D eigenvalue weighted by molar-refractivity contribution is -0.0499. The molecule has 3 nitrogen and oxygen atoms in total. The highest BCUT2D eigenvalue weighted by molar-refractivity contribution is 7.88. The summed E-state index contributed by atoms with van der Waals surface area (Å²) in [6, 6.07) is 4.70. The van der Waals surface area contributed by atoms with Gasteiger partial charge in [-0.15, -0.1) is 11.3 Å². The molecule has 116 valence electrons. The molecule has 0 aliphatic heterocycles. The number of rotatable bonds is 3. The lowest BCUT2D eigenvalue weighted by Crippen LogP contribution is -2.40. The van der Waals surface area contributed by atoms with Crippen molar-refractivity contribution in [2.75, 3.05) is 0 Å². The Kier molecular flexibility index (Phi) is 3.88. The molecule has 0 N–H and O–H groups in total. The third-order valence-electron chi connectivity index (χ3n) is 2.82. The second-order valence-electron chi connectivity index (χ2n) is 5.51. The van der Waals surface area contributed by atoms with Gasteiger partial charge in [0.1, 0.15) is 5.75 Å². The molecule has 0 aliphatic carbocycles. The quantitative estimate of drug-likeness (QED) is 0.480. The SMILES string of the molecule is C[Si](C)(C)c1c(OS(=O)(=O)C(F)(F)F)ccc2ccsc12. The fraction of sp³-hybridized carbons (Fsp3) is 0.333. The van der Waals surface area contributed by atoms with Gasteiger partial charge in [-0.25, -0.2) is 0 Å². The van der Waals surface area contributed by atoms with Gasteiger partial charge in [-0.1, -0.05) is 19.6 Å². The van der Waals surface area contributed by atoms with Gasteiger partial charge in [0.15, 0.2) is 0 Å². The summed E-state index contributed by atoms with van der Waals surface area (Å²) in [7, 11) is -7.77. The monoisotopic (exact) mass is 354 g/mol. The Hall–Kier alpha value is -1.06. The number of thiophene rings is 1. The Morgan fingerprint density at radius 1 is 1.14 bits per heavy atom. The topological polar surface area (TPSA) is 43.4 Å². The summed E-state index contributed by atoms with van der Waals surface area (Å²) in [6.07, 6.45) is 0. The van der Waals surface area contributed by atoms with Crippen molar-refractivity contribution in [3.63, 3.8) is 0 Å². The van der Waals surface area contributed by atoms with Gasteiger partial charge in [0.2, 0.25) is 0 Å². The fourth-order valence-electron chi connectivity index (χ4n) is 1.96. The lowest BCUT2D eigenvalue weighted by atomic mass is 10.2. The van der Waals surface area contributed by atoms with Crippen LogP contribution in [0.2, 0.25) is 19.6 Å². The molecule has 1 heterocycles. The molecule has 0 unspecified atom stereocenters. The highest BCUT2D eigenvalue weighted by Gasteiger charge is 2.49. The van der Waals surface area contributed by atoms with Crippen LogP contribution < -0.4 is 9.37 Å². The second-order valence-corrected chi connectivity index (χ2v) is 13.0. The van der Waals surface area contributed by atoms with Gasteiger partial charge in [-0.2, -0.15) is 21.6 Å². The normalized spacial score (nSPS) is 13.6. The molecule has 0 saturated heterocycles. The first-order chi connectivity index (χ1) is 9.43. The maximum absolute atomic E-state index is 12.5. The molecular weight excluding hydrogens is 341 g/mol. The standard InChI is InChI=1S/C12H13F3O3S2Si/c1-21(2,3)11-9(18-20(16,17)12(13,14)15)5-4-8-6-7-19-10(8)11/h4-7H,1-3H3. The molecule has 0 fully saturated rings. The first-order valence-electron chi connectivity index (χ1n) is 5.95. The van der Waals surface area contributed by atoms with E-state index in [4.69, 9.17) is 0 Å². The van der Waals surface area contributed by atoms with Crippen LogP contribution >= 0.6 is 11.3 Å². The lowest BCUT2D eigenvalue weighted by Gasteiger charge is -2.22. The molecular formula is C12H13F3O3S2Si. The van der Waals surface area contributed by atoms with Crippen molar-refractivity contribution < 1.29 is 25.8 Å². The minimum absolute atomic E-state index is 0.221. The molecule has 0 saturated carbocycles. The molecule has 0 atom stereocenters. The van der Waals surface area contributed by atoms with Crippen molar-refractivity contribution in [3.05, 3.63) is 23.6 Å². The predicted molar refractivity (Wildman–Crippen MR) is 80.4 cm³/mol. The first kappa shape index (κ1) is 16.3. The largest absolute Gasteiger partial charge is 0.534 e. The van der Waals surface area contributed by atoms with Crippen LogP contribution in [0.5, 0.6) is 5.75 Å². The predicted octanol–water partition coefficient (Wildman–Crippen LogP) is 3.67. The Morgan fingerprint density at radius 3 is 2.29 bits per heavy atom. The molecule has 1 aromatic carbocycles. The zero-order chi connectivity index (χ0) is 16.1. The number of hydrogen-bond donors (Lipinski definition) is 0. The van der Waals surface area contributed by atoms with Crippen molar-refractivity contribution in [2.24, 2.45) is 0 Å². The number of alkyl halides is 3. The van der Waals surface area contributed by atoms with Crippen LogP contribution in [-0.4, -0.2) is 22.0 Å². The summed E-state index contributed by atoms with van der Waals surface area (Å²) in [6.45, 7) is 5.78. The fourth-order valence-corrected chi connectivity index (χ4v) is 6.14. The zero-order valence-electron chi connectivity index (χ0n) is 11.5. The maximum atomic E-state index is 12.5. The van der Waals surface area contributed by atoms with E-state index >= 15 is 0 Å². The Balaban J connectivity index is 2.65. The maximum Gasteiger partial charge on any atom is 0.534 e. The highest BCUT2D eigenvalue weighted by atomic mass is 32.2. The van der Waals surface area contributed by atoms with Crippen LogP contribution in [0, 0.1) is 0 Å². The van der Waals surface area contributed by atoms with E-state index in [9.17, 15) is 21.6 Å². The number of hydrogen-bond acceptors (Lipinski definition) is 4. The number of fused-ring (bicyclic) bond motifs is 1. The van der Waals surface area contributed by atoms with E-state index < -0.39 is 23.7 Å².